The van der Waals surface area contributed by atoms with E-state index in [2.05, 4.69) is 56.1 Å². The molecule has 0 saturated heterocycles. The van der Waals surface area contributed by atoms with Gasteiger partial charge in [0, 0.05) is 40.9 Å². The van der Waals surface area contributed by atoms with Gasteiger partial charge in [-0.15, -0.1) is 11.8 Å². The normalized spacial score (nSPS) is 14.9. The summed E-state index contributed by atoms with van der Waals surface area (Å²) in [4.78, 5) is 3.35. The molecule has 0 saturated carbocycles. The van der Waals surface area contributed by atoms with E-state index in [1.54, 1.807) is 11.8 Å². The van der Waals surface area contributed by atoms with E-state index in [0.29, 0.717) is 12.2 Å². The topological polar surface area (TPSA) is 60.4 Å². The fourth-order valence-corrected chi connectivity index (χ4v) is 4.94. The quantitative estimate of drug-likeness (QED) is 0.424. The van der Waals surface area contributed by atoms with Crippen molar-refractivity contribution >= 4 is 38.8 Å². The Hall–Kier alpha value is -0.760. The second-order valence-corrected chi connectivity index (χ2v) is 9.32. The van der Waals surface area contributed by atoms with Crippen LogP contribution in [0.2, 0.25) is 0 Å². The summed E-state index contributed by atoms with van der Waals surface area (Å²) in [6.45, 7) is 4.15. The number of thioether (sulfide) groups is 1. The molecule has 138 valence electrons. The first kappa shape index (κ1) is 22.5. The number of allylic oxidation sites excluding steroid dienone is 1. The summed E-state index contributed by atoms with van der Waals surface area (Å²) in [5, 5.41) is 0. The van der Waals surface area contributed by atoms with E-state index in [9.17, 15) is 13.0 Å². The summed E-state index contributed by atoms with van der Waals surface area (Å²) < 4.78 is 32.4. The van der Waals surface area contributed by atoms with Gasteiger partial charge in [0.2, 0.25) is 0 Å². The van der Waals surface area contributed by atoms with Crippen molar-refractivity contribution in [2.24, 2.45) is 0 Å². The number of benzene rings is 2. The first-order chi connectivity index (χ1) is 12.3. The average molecular weight is 412 g/mol. The van der Waals surface area contributed by atoms with E-state index < -0.39 is 10.1 Å². The van der Waals surface area contributed by atoms with Crippen LogP contribution in [0.3, 0.4) is 0 Å². The first-order valence-corrected chi connectivity index (χ1v) is 11.1. The van der Waals surface area contributed by atoms with Crippen LogP contribution >= 0.6 is 11.8 Å². The van der Waals surface area contributed by atoms with Gasteiger partial charge in [0.05, 0.1) is 10.1 Å². The summed E-state index contributed by atoms with van der Waals surface area (Å²) >= 11 is 1.61. The molecule has 1 aliphatic rings. The van der Waals surface area contributed by atoms with Gasteiger partial charge in [0.15, 0.2) is 0 Å². The van der Waals surface area contributed by atoms with Crippen LogP contribution < -0.4 is 34.5 Å². The van der Waals surface area contributed by atoms with Crippen LogP contribution in [0.5, 0.6) is 0 Å². The van der Waals surface area contributed by atoms with Crippen LogP contribution in [-0.4, -0.2) is 31.5 Å². The molecule has 0 unspecified atom stereocenters. The van der Waals surface area contributed by atoms with Gasteiger partial charge in [-0.25, -0.2) is 8.42 Å². The van der Waals surface area contributed by atoms with Gasteiger partial charge in [-0.2, -0.15) is 0 Å². The third-order valence-corrected chi connectivity index (χ3v) is 6.45. The van der Waals surface area contributed by atoms with Gasteiger partial charge in [-0.1, -0.05) is 30.3 Å². The van der Waals surface area contributed by atoms with Crippen molar-refractivity contribution < 1.29 is 42.5 Å². The van der Waals surface area contributed by atoms with Gasteiger partial charge in [-0.3, -0.25) is 0 Å². The van der Waals surface area contributed by atoms with Crippen molar-refractivity contribution in [1.29, 1.82) is 0 Å². The molecule has 27 heavy (non-hydrogen) atoms. The molecule has 0 N–H and O–H groups in total. The fraction of sp³-hybridized carbons (Fsp3) is 0.300. The number of fused-ring (bicyclic) bond motifs is 2. The van der Waals surface area contributed by atoms with Crippen LogP contribution in [-0.2, 0) is 10.1 Å². The summed E-state index contributed by atoms with van der Waals surface area (Å²) in [6.07, 6.45) is 0.365. The number of anilines is 2. The minimum Gasteiger partial charge on any atom is -0.748 e. The largest absolute Gasteiger partial charge is 1.00 e. The zero-order valence-electron chi connectivity index (χ0n) is 16.2. The number of rotatable bonds is 5. The monoisotopic (exact) mass is 411 g/mol. The summed E-state index contributed by atoms with van der Waals surface area (Å²) in [6, 6.07) is 14.8. The van der Waals surface area contributed by atoms with E-state index in [0.717, 1.165) is 10.6 Å². The number of para-hydroxylation sites is 1. The van der Waals surface area contributed by atoms with E-state index in [-0.39, 0.29) is 35.3 Å². The third kappa shape index (κ3) is 5.19. The standard InChI is InChI=1S/C20H23NO3S2.Na/c1-14-9-10-17-19(13-14)21(3)18-8-5-4-7-16(18)20(17)15(2)25-11-6-12-26(22,23)24;/h4-5,7-10,13H,6,11-12H2,1-3H3,(H,22,23,24);/q;+1/p-1/b20-15+;. The molecule has 2 aromatic carbocycles. The Balaban J connectivity index is 0.00000261. The Kier molecular flexibility index (Phi) is 7.64. The minimum atomic E-state index is -4.14. The van der Waals surface area contributed by atoms with Crippen molar-refractivity contribution in [2.45, 2.75) is 20.3 Å². The molecule has 0 radical (unpaired) electrons. The van der Waals surface area contributed by atoms with Crippen LogP contribution in [0.1, 0.15) is 30.0 Å². The van der Waals surface area contributed by atoms with Gasteiger partial charge in [-0.05, 0) is 48.6 Å². The third-order valence-electron chi connectivity index (χ3n) is 4.53. The van der Waals surface area contributed by atoms with Crippen molar-refractivity contribution in [3.8, 4) is 0 Å². The molecular weight excluding hydrogens is 389 g/mol. The molecule has 0 aliphatic carbocycles. The molecule has 0 spiro atoms. The van der Waals surface area contributed by atoms with Crippen molar-refractivity contribution in [2.75, 3.05) is 23.5 Å². The maximum absolute atomic E-state index is 10.8. The summed E-state index contributed by atoms with van der Waals surface area (Å²) in [7, 11) is -2.06. The Bertz CT molecular complexity index is 971. The Morgan fingerprint density at radius 2 is 1.78 bits per heavy atom. The molecule has 0 fully saturated rings. The first-order valence-electron chi connectivity index (χ1n) is 8.49. The maximum atomic E-state index is 10.8. The molecule has 0 aromatic heterocycles. The predicted octanol–water partition coefficient (Wildman–Crippen LogP) is 1.53. The van der Waals surface area contributed by atoms with Crippen molar-refractivity contribution in [3.05, 3.63) is 64.1 Å². The molecule has 3 rings (SSSR count). The zero-order chi connectivity index (χ0) is 18.9. The SMILES string of the molecule is C/C(SCCCS(=O)(=O)[O-])=C1/c2ccccc2N(C)c2cc(C)ccc21.[Na+]. The Labute approximate surface area is 188 Å². The number of hydrogen-bond acceptors (Lipinski definition) is 5. The second-order valence-electron chi connectivity index (χ2n) is 6.49. The van der Waals surface area contributed by atoms with Crippen LogP contribution in [0.4, 0.5) is 11.4 Å². The second kappa shape index (κ2) is 9.16. The van der Waals surface area contributed by atoms with Gasteiger partial charge in [0.1, 0.15) is 0 Å². The van der Waals surface area contributed by atoms with Gasteiger partial charge < -0.3 is 9.45 Å². The van der Waals surface area contributed by atoms with Gasteiger partial charge in [0.25, 0.3) is 0 Å². The molecule has 0 amide bonds. The maximum Gasteiger partial charge on any atom is 1.00 e. The summed E-state index contributed by atoms with van der Waals surface area (Å²) in [5.74, 6) is 0.299. The molecule has 4 nitrogen and oxygen atoms in total. The van der Waals surface area contributed by atoms with E-state index >= 15 is 0 Å². The molecule has 1 aliphatic heterocycles. The Morgan fingerprint density at radius 3 is 2.48 bits per heavy atom. The van der Waals surface area contributed by atoms with Crippen LogP contribution in [0.15, 0.2) is 47.4 Å². The van der Waals surface area contributed by atoms with E-state index in [1.165, 1.54) is 28.0 Å². The molecular formula is C20H22NNaO3S2. The fourth-order valence-electron chi connectivity index (χ4n) is 3.30. The molecule has 7 heteroatoms. The number of aryl methyl sites for hydroxylation is 1. The molecule has 2 aromatic rings. The predicted molar refractivity (Wildman–Crippen MR) is 109 cm³/mol. The van der Waals surface area contributed by atoms with Crippen LogP contribution in [0, 0.1) is 6.92 Å². The van der Waals surface area contributed by atoms with Crippen LogP contribution in [0.25, 0.3) is 5.57 Å². The number of hydrogen-bond donors (Lipinski definition) is 0. The molecule has 0 atom stereocenters. The van der Waals surface area contributed by atoms with E-state index in [1.807, 2.05) is 12.1 Å². The minimum absolute atomic E-state index is 0. The molecule has 0 bridgehead atoms. The average Bonchev–Trinajstić information content (AvgIpc) is 2.59. The van der Waals surface area contributed by atoms with Crippen molar-refractivity contribution in [3.63, 3.8) is 0 Å². The smallest absolute Gasteiger partial charge is 0.748 e. The zero-order valence-corrected chi connectivity index (χ0v) is 19.8. The summed E-state index contributed by atoms with van der Waals surface area (Å²) in [5.41, 5.74) is 7.07. The Morgan fingerprint density at radius 1 is 1.11 bits per heavy atom. The van der Waals surface area contributed by atoms with Crippen molar-refractivity contribution in [1.82, 2.24) is 0 Å². The van der Waals surface area contributed by atoms with E-state index in [4.69, 9.17) is 0 Å². The van der Waals surface area contributed by atoms with Gasteiger partial charge >= 0.3 is 29.6 Å². The molecule has 1 heterocycles. The number of nitrogens with zero attached hydrogens (tertiary/aromatic N) is 1.